The highest BCUT2D eigenvalue weighted by Crippen LogP contribution is 2.13. The van der Waals surface area contributed by atoms with Crippen LogP contribution in [0.15, 0.2) is 0 Å². The molecule has 0 aromatic heterocycles. The van der Waals surface area contributed by atoms with E-state index in [2.05, 4.69) is 6.92 Å². The monoisotopic (exact) mass is 274 g/mol. The Hall–Kier alpha value is -0.120. The van der Waals surface area contributed by atoms with Gasteiger partial charge in [0.25, 0.3) is 0 Å². The topological polar surface area (TPSA) is 60.7 Å². The molecule has 0 aromatic carbocycles. The molecule has 0 radical (unpaired) electrons. The fourth-order valence-corrected chi connectivity index (χ4v) is 2.35. The number of unbranched alkanes of at least 4 members (excludes halogenated alkanes) is 8. The van der Waals surface area contributed by atoms with Gasteiger partial charge in [0.1, 0.15) is 0 Å². The molecule has 19 heavy (non-hydrogen) atoms. The lowest BCUT2D eigenvalue weighted by molar-refractivity contribution is 0.00522. The summed E-state index contributed by atoms with van der Waals surface area (Å²) in [7, 11) is 0. The molecule has 0 amide bonds. The summed E-state index contributed by atoms with van der Waals surface area (Å²) in [6.07, 6.45) is 11.9. The third kappa shape index (κ3) is 12.6. The second kappa shape index (κ2) is 14.3. The molecular formula is C16H34O3. The van der Waals surface area contributed by atoms with Crippen molar-refractivity contribution in [3.8, 4) is 0 Å². The number of rotatable bonds is 14. The Morgan fingerprint density at radius 2 is 1.05 bits per heavy atom. The van der Waals surface area contributed by atoms with Crippen molar-refractivity contribution in [2.75, 3.05) is 6.61 Å². The van der Waals surface area contributed by atoms with E-state index in [1.54, 1.807) is 0 Å². The van der Waals surface area contributed by atoms with Crippen LogP contribution in [0.1, 0.15) is 84.0 Å². The Labute approximate surface area is 119 Å². The van der Waals surface area contributed by atoms with E-state index in [0.29, 0.717) is 19.3 Å². The Balaban J connectivity index is 3.24. The van der Waals surface area contributed by atoms with Crippen molar-refractivity contribution in [3.63, 3.8) is 0 Å². The molecule has 3 N–H and O–H groups in total. The van der Waals surface area contributed by atoms with Gasteiger partial charge < -0.3 is 15.3 Å². The lowest BCUT2D eigenvalue weighted by atomic mass is 10.0. The SMILES string of the molecule is CCCCCCCCCCCC(O)C(O)CCCO. The first kappa shape index (κ1) is 18.9. The zero-order chi connectivity index (χ0) is 14.3. The smallest absolute Gasteiger partial charge is 0.0800 e. The van der Waals surface area contributed by atoms with Gasteiger partial charge in [0.05, 0.1) is 12.2 Å². The van der Waals surface area contributed by atoms with Gasteiger partial charge in [-0.3, -0.25) is 0 Å². The van der Waals surface area contributed by atoms with Gasteiger partial charge in [-0.2, -0.15) is 0 Å². The van der Waals surface area contributed by atoms with E-state index in [9.17, 15) is 10.2 Å². The Morgan fingerprint density at radius 1 is 0.632 bits per heavy atom. The molecule has 2 atom stereocenters. The van der Waals surface area contributed by atoms with Crippen LogP contribution in [0.4, 0.5) is 0 Å². The first-order chi connectivity index (χ1) is 9.22. The highest BCUT2D eigenvalue weighted by atomic mass is 16.3. The van der Waals surface area contributed by atoms with Crippen LogP contribution in [0.2, 0.25) is 0 Å². The zero-order valence-corrected chi connectivity index (χ0v) is 12.7. The molecule has 0 aliphatic rings. The lowest BCUT2D eigenvalue weighted by Crippen LogP contribution is -2.25. The van der Waals surface area contributed by atoms with Gasteiger partial charge in [0, 0.05) is 6.61 Å². The molecule has 116 valence electrons. The van der Waals surface area contributed by atoms with Crippen LogP contribution < -0.4 is 0 Å². The van der Waals surface area contributed by atoms with Gasteiger partial charge in [-0.05, 0) is 19.3 Å². The van der Waals surface area contributed by atoms with Gasteiger partial charge in [0.15, 0.2) is 0 Å². The van der Waals surface area contributed by atoms with E-state index >= 15 is 0 Å². The van der Waals surface area contributed by atoms with Crippen molar-refractivity contribution < 1.29 is 15.3 Å². The molecule has 0 heterocycles. The first-order valence-electron chi connectivity index (χ1n) is 8.19. The Morgan fingerprint density at radius 3 is 1.53 bits per heavy atom. The van der Waals surface area contributed by atoms with Crippen molar-refractivity contribution in [1.29, 1.82) is 0 Å². The summed E-state index contributed by atoms with van der Waals surface area (Å²) in [6.45, 7) is 2.32. The summed E-state index contributed by atoms with van der Waals surface area (Å²) in [4.78, 5) is 0. The van der Waals surface area contributed by atoms with Gasteiger partial charge in [0.2, 0.25) is 0 Å². The molecule has 0 aliphatic carbocycles. The molecule has 2 unspecified atom stereocenters. The average Bonchev–Trinajstić information content (AvgIpc) is 2.42. The van der Waals surface area contributed by atoms with Crippen LogP contribution in [0.25, 0.3) is 0 Å². The van der Waals surface area contributed by atoms with Gasteiger partial charge in [-0.25, -0.2) is 0 Å². The van der Waals surface area contributed by atoms with Crippen molar-refractivity contribution >= 4 is 0 Å². The summed E-state index contributed by atoms with van der Waals surface area (Å²) in [6, 6.07) is 0. The molecule has 0 saturated heterocycles. The van der Waals surface area contributed by atoms with Gasteiger partial charge in [-0.1, -0.05) is 64.7 Å². The molecule has 0 spiro atoms. The Kier molecular flexibility index (Phi) is 14.2. The molecular weight excluding hydrogens is 240 g/mol. The maximum Gasteiger partial charge on any atom is 0.0800 e. The van der Waals surface area contributed by atoms with Crippen molar-refractivity contribution in [3.05, 3.63) is 0 Å². The number of aliphatic hydroxyl groups excluding tert-OH is 3. The normalized spacial score (nSPS) is 14.5. The fourth-order valence-electron chi connectivity index (χ4n) is 2.35. The molecule has 0 saturated carbocycles. The van der Waals surface area contributed by atoms with Crippen LogP contribution in [0, 0.1) is 0 Å². The molecule has 0 aliphatic heterocycles. The minimum atomic E-state index is -0.666. The summed E-state index contributed by atoms with van der Waals surface area (Å²) in [5.74, 6) is 0. The van der Waals surface area contributed by atoms with E-state index in [1.807, 2.05) is 0 Å². The zero-order valence-electron chi connectivity index (χ0n) is 12.7. The minimum absolute atomic E-state index is 0.0851. The van der Waals surface area contributed by atoms with Crippen molar-refractivity contribution in [1.82, 2.24) is 0 Å². The maximum atomic E-state index is 9.71. The third-order valence-electron chi connectivity index (χ3n) is 3.71. The average molecular weight is 274 g/mol. The maximum absolute atomic E-state index is 9.71. The predicted octanol–water partition coefficient (Wildman–Crippen LogP) is 3.40. The molecule has 0 bridgehead atoms. The van der Waals surface area contributed by atoms with Crippen LogP contribution in [-0.4, -0.2) is 34.1 Å². The minimum Gasteiger partial charge on any atom is -0.396 e. The first-order valence-corrected chi connectivity index (χ1v) is 8.19. The number of hydrogen-bond acceptors (Lipinski definition) is 3. The van der Waals surface area contributed by atoms with E-state index in [-0.39, 0.29) is 6.61 Å². The summed E-state index contributed by atoms with van der Waals surface area (Å²) < 4.78 is 0. The predicted molar refractivity (Wildman–Crippen MR) is 80.2 cm³/mol. The fraction of sp³-hybridized carbons (Fsp3) is 1.00. The molecule has 0 fully saturated rings. The summed E-state index contributed by atoms with van der Waals surface area (Å²) in [5, 5.41) is 28.0. The van der Waals surface area contributed by atoms with Crippen LogP contribution in [0.3, 0.4) is 0 Å². The molecule has 3 nitrogen and oxygen atoms in total. The van der Waals surface area contributed by atoms with E-state index < -0.39 is 12.2 Å². The van der Waals surface area contributed by atoms with Crippen molar-refractivity contribution in [2.24, 2.45) is 0 Å². The van der Waals surface area contributed by atoms with Gasteiger partial charge in [-0.15, -0.1) is 0 Å². The molecule has 3 heteroatoms. The van der Waals surface area contributed by atoms with Crippen LogP contribution in [0.5, 0.6) is 0 Å². The van der Waals surface area contributed by atoms with E-state index in [0.717, 1.165) is 12.8 Å². The van der Waals surface area contributed by atoms with Crippen molar-refractivity contribution in [2.45, 2.75) is 96.2 Å². The summed E-state index contributed by atoms with van der Waals surface area (Å²) in [5.41, 5.74) is 0. The number of aliphatic hydroxyl groups is 3. The molecule has 0 rings (SSSR count). The lowest BCUT2D eigenvalue weighted by Gasteiger charge is -2.17. The second-order valence-corrected chi connectivity index (χ2v) is 5.62. The van der Waals surface area contributed by atoms with Crippen LogP contribution in [-0.2, 0) is 0 Å². The highest BCUT2D eigenvalue weighted by Gasteiger charge is 2.14. The molecule has 0 aromatic rings. The quantitative estimate of drug-likeness (QED) is 0.425. The largest absolute Gasteiger partial charge is 0.396 e. The second-order valence-electron chi connectivity index (χ2n) is 5.62. The van der Waals surface area contributed by atoms with Crippen LogP contribution >= 0.6 is 0 Å². The van der Waals surface area contributed by atoms with E-state index in [4.69, 9.17) is 5.11 Å². The summed E-state index contributed by atoms with van der Waals surface area (Å²) >= 11 is 0. The number of hydrogen-bond donors (Lipinski definition) is 3. The van der Waals surface area contributed by atoms with E-state index in [1.165, 1.54) is 44.9 Å². The highest BCUT2D eigenvalue weighted by molar-refractivity contribution is 4.67. The third-order valence-corrected chi connectivity index (χ3v) is 3.71. The van der Waals surface area contributed by atoms with Gasteiger partial charge >= 0.3 is 0 Å². The standard InChI is InChI=1S/C16H34O3/c1-2-3-4-5-6-7-8-9-10-12-15(18)16(19)13-11-14-17/h15-19H,2-14H2,1H3. The Bertz CT molecular complexity index is 173.